The Morgan fingerprint density at radius 3 is 2.35 bits per heavy atom. The molecule has 90 valence electrons. The van der Waals surface area contributed by atoms with E-state index in [1.54, 1.807) is 11.3 Å². The monoisotopic (exact) mass is 245 g/mol. The van der Waals surface area contributed by atoms with Crippen molar-refractivity contribution in [2.24, 2.45) is 0 Å². The van der Waals surface area contributed by atoms with Gasteiger partial charge in [-0.15, -0.1) is 0 Å². The van der Waals surface area contributed by atoms with Crippen LogP contribution in [0, 0.1) is 13.8 Å². The van der Waals surface area contributed by atoms with Crippen LogP contribution in [0.5, 0.6) is 0 Å². The molecule has 0 amide bonds. The van der Waals surface area contributed by atoms with Crippen molar-refractivity contribution in [3.8, 4) is 0 Å². The van der Waals surface area contributed by atoms with Gasteiger partial charge in [0.1, 0.15) is 0 Å². The molecule has 1 aromatic carbocycles. The summed E-state index contributed by atoms with van der Waals surface area (Å²) in [5.41, 5.74) is 5.44. The number of aryl methyl sites for hydroxylation is 2. The zero-order valence-electron chi connectivity index (χ0n) is 10.7. The van der Waals surface area contributed by atoms with Crippen LogP contribution in [0.25, 0.3) is 0 Å². The number of hydrogen-bond acceptors (Lipinski definition) is 2. The second-order valence-corrected chi connectivity index (χ2v) is 5.16. The molecule has 0 saturated heterocycles. The molecule has 1 heterocycles. The van der Waals surface area contributed by atoms with E-state index in [1.807, 2.05) is 0 Å². The fourth-order valence-corrected chi connectivity index (χ4v) is 2.91. The fraction of sp³-hybridized carbons (Fsp3) is 0.333. The van der Waals surface area contributed by atoms with E-state index in [0.717, 1.165) is 6.54 Å². The number of thiophene rings is 1. The van der Waals surface area contributed by atoms with Gasteiger partial charge in [0.15, 0.2) is 0 Å². The molecule has 1 aromatic heterocycles. The molecule has 0 fully saturated rings. The van der Waals surface area contributed by atoms with Gasteiger partial charge in [-0.3, -0.25) is 0 Å². The molecule has 0 aliphatic rings. The quantitative estimate of drug-likeness (QED) is 0.856. The maximum atomic E-state index is 3.57. The minimum Gasteiger partial charge on any atom is -0.306 e. The minimum atomic E-state index is 0.326. The van der Waals surface area contributed by atoms with E-state index in [0.29, 0.717) is 6.04 Å². The van der Waals surface area contributed by atoms with Crippen molar-refractivity contribution in [2.75, 3.05) is 6.54 Å². The van der Waals surface area contributed by atoms with Crippen molar-refractivity contribution < 1.29 is 0 Å². The van der Waals surface area contributed by atoms with E-state index in [1.165, 1.54) is 22.3 Å². The Morgan fingerprint density at radius 2 is 1.82 bits per heavy atom. The SMILES string of the molecule is CCNC(c1ccc(C)cc1)c1cscc1C. The zero-order valence-corrected chi connectivity index (χ0v) is 11.5. The van der Waals surface area contributed by atoms with E-state index in [-0.39, 0.29) is 0 Å². The molecule has 2 rings (SSSR count). The van der Waals surface area contributed by atoms with Crippen LogP contribution in [0.3, 0.4) is 0 Å². The molecule has 0 saturated carbocycles. The third-order valence-electron chi connectivity index (χ3n) is 3.03. The Labute approximate surface area is 108 Å². The highest BCUT2D eigenvalue weighted by Gasteiger charge is 2.15. The molecule has 17 heavy (non-hydrogen) atoms. The summed E-state index contributed by atoms with van der Waals surface area (Å²) in [6.07, 6.45) is 0. The smallest absolute Gasteiger partial charge is 0.0587 e. The van der Waals surface area contributed by atoms with E-state index >= 15 is 0 Å². The summed E-state index contributed by atoms with van der Waals surface area (Å²) in [5.74, 6) is 0. The first-order chi connectivity index (χ1) is 8.22. The Balaban J connectivity index is 2.35. The van der Waals surface area contributed by atoms with E-state index in [2.05, 4.69) is 61.1 Å². The molecule has 0 spiro atoms. The van der Waals surface area contributed by atoms with Crippen molar-refractivity contribution in [2.45, 2.75) is 26.8 Å². The van der Waals surface area contributed by atoms with E-state index in [4.69, 9.17) is 0 Å². The average molecular weight is 245 g/mol. The summed E-state index contributed by atoms with van der Waals surface area (Å²) < 4.78 is 0. The van der Waals surface area contributed by atoms with Gasteiger partial charge in [0.25, 0.3) is 0 Å². The van der Waals surface area contributed by atoms with Gasteiger partial charge in [0.2, 0.25) is 0 Å². The lowest BCUT2D eigenvalue weighted by molar-refractivity contribution is 0.629. The molecule has 1 nitrogen and oxygen atoms in total. The van der Waals surface area contributed by atoms with Gasteiger partial charge in [-0.25, -0.2) is 0 Å². The predicted octanol–water partition coefficient (Wildman–Crippen LogP) is 4.06. The largest absolute Gasteiger partial charge is 0.306 e. The first-order valence-electron chi connectivity index (χ1n) is 6.05. The molecule has 2 heteroatoms. The van der Waals surface area contributed by atoms with Crippen LogP contribution >= 0.6 is 11.3 Å². The van der Waals surface area contributed by atoms with Crippen molar-refractivity contribution in [1.82, 2.24) is 5.32 Å². The molecule has 0 bridgehead atoms. The lowest BCUT2D eigenvalue weighted by Gasteiger charge is -2.19. The van der Waals surface area contributed by atoms with Gasteiger partial charge in [0, 0.05) is 0 Å². The summed E-state index contributed by atoms with van der Waals surface area (Å²) in [4.78, 5) is 0. The maximum absolute atomic E-state index is 3.57. The van der Waals surface area contributed by atoms with Gasteiger partial charge in [-0.05, 0) is 47.8 Å². The maximum Gasteiger partial charge on any atom is 0.0587 e. The Kier molecular flexibility index (Phi) is 3.97. The van der Waals surface area contributed by atoms with Crippen LogP contribution in [0.2, 0.25) is 0 Å². The summed E-state index contributed by atoms with van der Waals surface area (Å²) in [5, 5.41) is 8.04. The van der Waals surface area contributed by atoms with Crippen LogP contribution in [-0.4, -0.2) is 6.54 Å². The van der Waals surface area contributed by atoms with Crippen LogP contribution in [-0.2, 0) is 0 Å². The lowest BCUT2D eigenvalue weighted by atomic mass is 9.97. The normalized spacial score (nSPS) is 12.6. The van der Waals surface area contributed by atoms with E-state index in [9.17, 15) is 0 Å². The molecule has 1 atom stereocenters. The molecule has 0 radical (unpaired) electrons. The number of rotatable bonds is 4. The Morgan fingerprint density at radius 1 is 1.12 bits per heavy atom. The van der Waals surface area contributed by atoms with Gasteiger partial charge in [-0.1, -0.05) is 36.8 Å². The van der Waals surface area contributed by atoms with Crippen molar-refractivity contribution in [3.05, 3.63) is 57.3 Å². The first kappa shape index (κ1) is 12.3. The number of hydrogen-bond donors (Lipinski definition) is 1. The first-order valence-corrected chi connectivity index (χ1v) is 6.99. The number of nitrogens with one attached hydrogen (secondary N) is 1. The van der Waals surface area contributed by atoms with Crippen LogP contribution in [0.1, 0.15) is 35.2 Å². The van der Waals surface area contributed by atoms with Crippen LogP contribution < -0.4 is 5.32 Å². The molecule has 1 unspecified atom stereocenters. The van der Waals surface area contributed by atoms with Gasteiger partial charge >= 0.3 is 0 Å². The predicted molar refractivity (Wildman–Crippen MR) is 75.8 cm³/mol. The third-order valence-corrected chi connectivity index (χ3v) is 3.90. The summed E-state index contributed by atoms with van der Waals surface area (Å²) in [6.45, 7) is 7.45. The molecule has 1 N–H and O–H groups in total. The van der Waals surface area contributed by atoms with Crippen molar-refractivity contribution >= 4 is 11.3 Å². The van der Waals surface area contributed by atoms with Gasteiger partial charge in [-0.2, -0.15) is 11.3 Å². The molecular weight excluding hydrogens is 226 g/mol. The average Bonchev–Trinajstić information content (AvgIpc) is 2.74. The summed E-state index contributed by atoms with van der Waals surface area (Å²) in [7, 11) is 0. The zero-order chi connectivity index (χ0) is 12.3. The second kappa shape index (κ2) is 5.48. The van der Waals surface area contributed by atoms with Gasteiger partial charge in [0.05, 0.1) is 6.04 Å². The Hall–Kier alpha value is -1.12. The minimum absolute atomic E-state index is 0.326. The molecular formula is C15H19NS. The second-order valence-electron chi connectivity index (χ2n) is 4.41. The van der Waals surface area contributed by atoms with Crippen molar-refractivity contribution in [1.29, 1.82) is 0 Å². The highest BCUT2D eigenvalue weighted by atomic mass is 32.1. The van der Waals surface area contributed by atoms with Crippen LogP contribution in [0.4, 0.5) is 0 Å². The fourth-order valence-electron chi connectivity index (χ4n) is 2.04. The standard InChI is InChI=1S/C15H19NS/c1-4-16-15(14-10-17-9-12(14)3)13-7-5-11(2)6-8-13/h5-10,15-16H,4H2,1-3H3. The third kappa shape index (κ3) is 2.76. The van der Waals surface area contributed by atoms with Crippen LogP contribution in [0.15, 0.2) is 35.0 Å². The highest BCUT2D eigenvalue weighted by Crippen LogP contribution is 2.27. The van der Waals surface area contributed by atoms with Crippen molar-refractivity contribution in [3.63, 3.8) is 0 Å². The molecule has 2 aromatic rings. The summed E-state index contributed by atoms with van der Waals surface area (Å²) in [6, 6.07) is 9.13. The highest BCUT2D eigenvalue weighted by molar-refractivity contribution is 7.08. The summed E-state index contributed by atoms with van der Waals surface area (Å²) >= 11 is 1.78. The molecule has 0 aliphatic heterocycles. The topological polar surface area (TPSA) is 12.0 Å². The Bertz CT molecular complexity index is 470. The van der Waals surface area contributed by atoms with Gasteiger partial charge < -0.3 is 5.32 Å². The van der Waals surface area contributed by atoms with E-state index < -0.39 is 0 Å². The number of benzene rings is 1. The molecule has 0 aliphatic carbocycles. The lowest BCUT2D eigenvalue weighted by Crippen LogP contribution is -2.22.